The van der Waals surface area contributed by atoms with E-state index in [1.165, 1.54) is 0 Å². The molecular weight excluding hydrogens is 266 g/mol. The number of anilines is 1. The maximum Gasteiger partial charge on any atom is 0.186 e. The van der Waals surface area contributed by atoms with Crippen molar-refractivity contribution in [3.8, 4) is 5.69 Å². The van der Waals surface area contributed by atoms with Crippen molar-refractivity contribution in [1.82, 2.24) is 20.0 Å². The zero-order valence-corrected chi connectivity index (χ0v) is 11.0. The van der Waals surface area contributed by atoms with Crippen LogP contribution < -0.4 is 5.73 Å². The minimum absolute atomic E-state index is 0.376. The van der Waals surface area contributed by atoms with E-state index < -0.39 is 0 Å². The van der Waals surface area contributed by atoms with Crippen molar-refractivity contribution < 1.29 is 4.74 Å². The summed E-state index contributed by atoms with van der Waals surface area (Å²) >= 11 is 5.88. The lowest BCUT2D eigenvalue weighted by molar-refractivity contribution is 0.182. The van der Waals surface area contributed by atoms with Crippen LogP contribution in [0.25, 0.3) is 16.7 Å². The van der Waals surface area contributed by atoms with Gasteiger partial charge in [-0.15, -0.1) is 0 Å². The van der Waals surface area contributed by atoms with Crippen LogP contribution in [-0.2, 0) is 11.3 Å². The third kappa shape index (κ3) is 1.94. The molecule has 0 radical (unpaired) electrons. The van der Waals surface area contributed by atoms with Crippen LogP contribution in [-0.4, -0.2) is 27.1 Å². The summed E-state index contributed by atoms with van der Waals surface area (Å²) in [6.45, 7) is 0.376. The largest absolute Gasteiger partial charge is 0.383 e. The first kappa shape index (κ1) is 12.0. The predicted molar refractivity (Wildman–Crippen MR) is 73.4 cm³/mol. The van der Waals surface area contributed by atoms with Gasteiger partial charge in [-0.05, 0) is 24.3 Å². The van der Waals surface area contributed by atoms with Crippen molar-refractivity contribution in [2.75, 3.05) is 12.8 Å². The molecule has 0 bridgehead atoms. The van der Waals surface area contributed by atoms with Gasteiger partial charge in [0.25, 0.3) is 0 Å². The molecule has 0 aliphatic carbocycles. The molecule has 0 saturated heterocycles. The smallest absolute Gasteiger partial charge is 0.186 e. The SMILES string of the molecule is COCc1nn(-c2ccc(Cl)cc2)c2n[nH]c(N)c12. The predicted octanol–water partition coefficient (Wildman–Crippen LogP) is 2.13. The number of rotatable bonds is 3. The second-order valence-electron chi connectivity index (χ2n) is 4.10. The fraction of sp³-hybridized carbons (Fsp3) is 0.167. The Labute approximate surface area is 114 Å². The number of fused-ring (bicyclic) bond motifs is 1. The molecule has 3 N–H and O–H groups in total. The Balaban J connectivity index is 2.21. The second-order valence-corrected chi connectivity index (χ2v) is 4.54. The van der Waals surface area contributed by atoms with Crippen molar-refractivity contribution in [2.45, 2.75) is 6.61 Å². The fourth-order valence-electron chi connectivity index (χ4n) is 2.00. The number of halogens is 1. The van der Waals surface area contributed by atoms with Gasteiger partial charge in [-0.25, -0.2) is 4.68 Å². The molecule has 0 unspecified atom stereocenters. The molecule has 2 heterocycles. The molecule has 98 valence electrons. The molecule has 3 rings (SSSR count). The third-order valence-corrected chi connectivity index (χ3v) is 3.09. The molecule has 0 spiro atoms. The van der Waals surface area contributed by atoms with Crippen molar-refractivity contribution >= 4 is 28.5 Å². The number of benzene rings is 1. The standard InChI is InChI=1S/C12H12ClN5O/c1-19-6-9-10-11(14)15-16-12(10)18(17-9)8-4-2-7(13)3-5-8/h2-5H,6H2,1H3,(H3,14,15,16). The van der Waals surface area contributed by atoms with Crippen LogP contribution >= 0.6 is 11.6 Å². The van der Waals surface area contributed by atoms with E-state index in [4.69, 9.17) is 22.1 Å². The Bertz CT molecular complexity index is 716. The zero-order valence-electron chi connectivity index (χ0n) is 10.2. The van der Waals surface area contributed by atoms with Crippen LogP contribution in [0.3, 0.4) is 0 Å². The van der Waals surface area contributed by atoms with Gasteiger partial charge in [-0.1, -0.05) is 11.6 Å². The molecule has 0 fully saturated rings. The molecule has 7 heteroatoms. The molecule has 0 atom stereocenters. The quantitative estimate of drug-likeness (QED) is 0.768. The fourth-order valence-corrected chi connectivity index (χ4v) is 2.13. The number of nitrogen functional groups attached to an aromatic ring is 1. The Morgan fingerprint density at radius 2 is 2.11 bits per heavy atom. The van der Waals surface area contributed by atoms with Crippen molar-refractivity contribution in [3.05, 3.63) is 35.0 Å². The highest BCUT2D eigenvalue weighted by atomic mass is 35.5. The van der Waals surface area contributed by atoms with E-state index in [0.717, 1.165) is 16.8 Å². The molecule has 2 aromatic heterocycles. The van der Waals surface area contributed by atoms with E-state index in [1.54, 1.807) is 23.9 Å². The molecule has 3 aromatic rings. The number of H-pyrrole nitrogens is 1. The van der Waals surface area contributed by atoms with E-state index in [1.807, 2.05) is 12.1 Å². The van der Waals surface area contributed by atoms with Gasteiger partial charge in [0.05, 0.1) is 17.7 Å². The topological polar surface area (TPSA) is 81.8 Å². The zero-order chi connectivity index (χ0) is 13.4. The molecular formula is C12H12ClN5O. The van der Waals surface area contributed by atoms with Crippen molar-refractivity contribution in [1.29, 1.82) is 0 Å². The van der Waals surface area contributed by atoms with E-state index >= 15 is 0 Å². The molecule has 19 heavy (non-hydrogen) atoms. The summed E-state index contributed by atoms with van der Waals surface area (Å²) in [6.07, 6.45) is 0. The van der Waals surface area contributed by atoms with Gasteiger partial charge in [0, 0.05) is 12.1 Å². The number of aromatic nitrogens is 4. The summed E-state index contributed by atoms with van der Waals surface area (Å²) in [7, 11) is 1.61. The maximum absolute atomic E-state index is 5.88. The van der Waals surface area contributed by atoms with E-state index in [-0.39, 0.29) is 0 Å². The summed E-state index contributed by atoms with van der Waals surface area (Å²) in [5.74, 6) is 0.488. The van der Waals surface area contributed by atoms with Gasteiger partial charge in [0.15, 0.2) is 5.65 Å². The van der Waals surface area contributed by atoms with E-state index in [2.05, 4.69) is 15.3 Å². The van der Waals surface area contributed by atoms with Crippen molar-refractivity contribution in [2.24, 2.45) is 0 Å². The van der Waals surface area contributed by atoms with Crippen molar-refractivity contribution in [3.63, 3.8) is 0 Å². The Morgan fingerprint density at radius 1 is 1.37 bits per heavy atom. The van der Waals surface area contributed by atoms with Gasteiger partial charge in [-0.3, -0.25) is 5.10 Å². The van der Waals surface area contributed by atoms with Crippen LogP contribution in [0.2, 0.25) is 5.02 Å². The molecule has 0 saturated carbocycles. The monoisotopic (exact) mass is 277 g/mol. The first-order valence-electron chi connectivity index (χ1n) is 5.67. The van der Waals surface area contributed by atoms with Gasteiger partial charge in [0.2, 0.25) is 0 Å². The molecule has 0 amide bonds. The molecule has 1 aromatic carbocycles. The van der Waals surface area contributed by atoms with Crippen LogP contribution in [0.1, 0.15) is 5.69 Å². The molecule has 0 aliphatic rings. The summed E-state index contributed by atoms with van der Waals surface area (Å²) in [5.41, 5.74) is 8.16. The summed E-state index contributed by atoms with van der Waals surface area (Å²) in [6, 6.07) is 7.35. The number of aromatic amines is 1. The Morgan fingerprint density at radius 3 is 2.79 bits per heavy atom. The van der Waals surface area contributed by atoms with Crippen LogP contribution in [0.4, 0.5) is 5.82 Å². The lowest BCUT2D eigenvalue weighted by Gasteiger charge is -2.01. The summed E-state index contributed by atoms with van der Waals surface area (Å²) in [4.78, 5) is 0. The van der Waals surface area contributed by atoms with Gasteiger partial charge in [0.1, 0.15) is 11.5 Å². The lowest BCUT2D eigenvalue weighted by atomic mass is 10.3. The minimum atomic E-state index is 0.376. The number of methoxy groups -OCH3 is 1. The number of nitrogens with zero attached hydrogens (tertiary/aromatic N) is 3. The summed E-state index contributed by atoms with van der Waals surface area (Å²) < 4.78 is 6.85. The van der Waals surface area contributed by atoms with Gasteiger partial charge >= 0.3 is 0 Å². The number of nitrogens with two attached hydrogens (primary N) is 1. The summed E-state index contributed by atoms with van der Waals surface area (Å²) in [5, 5.41) is 12.9. The normalized spacial score (nSPS) is 11.3. The number of hydrogen-bond acceptors (Lipinski definition) is 4. The highest BCUT2D eigenvalue weighted by Gasteiger charge is 2.17. The van der Waals surface area contributed by atoms with Crippen LogP contribution in [0.5, 0.6) is 0 Å². The first-order chi connectivity index (χ1) is 9.20. The minimum Gasteiger partial charge on any atom is -0.383 e. The Kier molecular flexibility index (Phi) is 2.88. The average molecular weight is 278 g/mol. The third-order valence-electron chi connectivity index (χ3n) is 2.84. The van der Waals surface area contributed by atoms with Gasteiger partial charge in [-0.2, -0.15) is 10.2 Å². The van der Waals surface area contributed by atoms with Crippen LogP contribution in [0, 0.1) is 0 Å². The highest BCUT2D eigenvalue weighted by Crippen LogP contribution is 2.25. The molecule has 0 aliphatic heterocycles. The Hall–Kier alpha value is -2.05. The van der Waals surface area contributed by atoms with Gasteiger partial charge < -0.3 is 10.5 Å². The van der Waals surface area contributed by atoms with Crippen LogP contribution in [0.15, 0.2) is 24.3 Å². The number of nitrogens with one attached hydrogen (secondary N) is 1. The van der Waals surface area contributed by atoms with E-state index in [9.17, 15) is 0 Å². The molecule has 6 nitrogen and oxygen atoms in total. The first-order valence-corrected chi connectivity index (χ1v) is 6.05. The van der Waals surface area contributed by atoms with E-state index in [0.29, 0.717) is 23.1 Å². The number of hydrogen-bond donors (Lipinski definition) is 2. The number of ether oxygens (including phenoxy) is 1. The second kappa shape index (κ2) is 4.56. The average Bonchev–Trinajstić information content (AvgIpc) is 2.94. The highest BCUT2D eigenvalue weighted by molar-refractivity contribution is 6.30. The maximum atomic E-state index is 5.88. The lowest BCUT2D eigenvalue weighted by Crippen LogP contribution is -1.99.